The lowest BCUT2D eigenvalue weighted by Gasteiger charge is -2.34. The molecule has 15 heteroatoms. The third-order valence-corrected chi connectivity index (χ3v) is 5.68. The van der Waals surface area contributed by atoms with E-state index < -0.39 is 53.3 Å². The van der Waals surface area contributed by atoms with Gasteiger partial charge in [0.25, 0.3) is 11.8 Å². The van der Waals surface area contributed by atoms with Crippen LogP contribution in [-0.2, 0) is 24.3 Å². The highest BCUT2D eigenvalue weighted by Crippen LogP contribution is 2.41. The first-order valence-corrected chi connectivity index (χ1v) is 10.4. The minimum absolute atomic E-state index is 0.0336. The van der Waals surface area contributed by atoms with Crippen LogP contribution in [0, 0.1) is 5.92 Å². The van der Waals surface area contributed by atoms with Crippen molar-refractivity contribution >= 4 is 22.3 Å². The van der Waals surface area contributed by atoms with Gasteiger partial charge in [-0.05, 0) is 31.8 Å². The summed E-state index contributed by atoms with van der Waals surface area (Å²) >= 11 is 0. The van der Waals surface area contributed by atoms with Crippen LogP contribution < -0.4 is 16.5 Å². The molecule has 3 aliphatic heterocycles. The number of hydrogen-bond acceptors (Lipinski definition) is 8. The molecule has 0 saturated carbocycles. The molecule has 3 fully saturated rings. The van der Waals surface area contributed by atoms with E-state index >= 15 is 0 Å². The predicted molar refractivity (Wildman–Crippen MR) is 91.4 cm³/mol. The maximum Gasteiger partial charge on any atom is 0.418 e. The molecule has 3 aliphatic rings. The van der Waals surface area contributed by atoms with Crippen molar-refractivity contribution in [2.45, 2.75) is 43.3 Å². The Kier molecular flexibility index (Phi) is 6.26. The Balaban J connectivity index is 1.59. The summed E-state index contributed by atoms with van der Waals surface area (Å²) in [5.41, 5.74) is 8.06. The molecule has 12 nitrogen and oxygen atoms in total. The maximum absolute atomic E-state index is 14.4. The van der Waals surface area contributed by atoms with E-state index in [0.717, 1.165) is 30.8 Å². The van der Waals surface area contributed by atoms with Gasteiger partial charge in [0.2, 0.25) is 0 Å². The van der Waals surface area contributed by atoms with E-state index in [1.54, 1.807) is 0 Å². The summed E-state index contributed by atoms with van der Waals surface area (Å²) in [7, 11) is -5.20. The molecule has 166 valence electrons. The highest BCUT2D eigenvalue weighted by molar-refractivity contribution is 7.80. The molecule has 3 heterocycles. The van der Waals surface area contributed by atoms with Gasteiger partial charge in [0.05, 0.1) is 13.2 Å². The number of halogens is 2. The third kappa shape index (κ3) is 4.92. The Labute approximate surface area is 165 Å². The molecule has 0 aromatic rings. The lowest BCUT2D eigenvalue weighted by molar-refractivity contribution is -0.159. The number of hydroxylamine groups is 3. The minimum atomic E-state index is -5.20. The van der Waals surface area contributed by atoms with Crippen LogP contribution in [-0.4, -0.2) is 85.2 Å². The van der Waals surface area contributed by atoms with Crippen molar-refractivity contribution < 1.29 is 40.5 Å². The Bertz CT molecular complexity index is 749. The standard InChI is InChI=1S/C14H23F2N5O7S/c15-14(16)5-10(20-6-11(14)21(13(20)23)28-29(24,25)26)12(22)19-27-7-9(17)8-1-3-18-4-2-8/h8-11,18H,1-7,17H2,(H,19,22)(H,24,25,26)/t9?,10-,11-/m0/s1. The summed E-state index contributed by atoms with van der Waals surface area (Å²) in [5.74, 6) is -4.44. The Morgan fingerprint density at radius 1 is 1.41 bits per heavy atom. The first-order chi connectivity index (χ1) is 13.5. The molecule has 0 aromatic carbocycles. The number of fused-ring (bicyclic) bond motifs is 2. The van der Waals surface area contributed by atoms with Crippen molar-refractivity contribution in [3.63, 3.8) is 0 Å². The van der Waals surface area contributed by atoms with Crippen molar-refractivity contribution in [1.82, 2.24) is 20.8 Å². The van der Waals surface area contributed by atoms with Crippen molar-refractivity contribution in [3.05, 3.63) is 0 Å². The number of rotatable bonds is 7. The van der Waals surface area contributed by atoms with E-state index in [1.807, 2.05) is 5.48 Å². The second kappa shape index (κ2) is 8.23. The van der Waals surface area contributed by atoms with Crippen molar-refractivity contribution in [1.29, 1.82) is 0 Å². The van der Waals surface area contributed by atoms with Crippen LogP contribution in [0.4, 0.5) is 13.6 Å². The predicted octanol–water partition coefficient (Wildman–Crippen LogP) is -1.39. The number of hydrogen-bond donors (Lipinski definition) is 4. The molecule has 3 rings (SSSR count). The van der Waals surface area contributed by atoms with Crippen molar-refractivity contribution in [2.75, 3.05) is 26.2 Å². The number of piperidine rings is 2. The van der Waals surface area contributed by atoms with Crippen LogP contribution in [0.25, 0.3) is 0 Å². The molecule has 0 spiro atoms. The second-order valence-electron chi connectivity index (χ2n) is 7.29. The van der Waals surface area contributed by atoms with E-state index in [0.29, 0.717) is 0 Å². The number of carbonyl (C=O) groups is 2. The van der Waals surface area contributed by atoms with Gasteiger partial charge in [-0.3, -0.25) is 14.2 Å². The van der Waals surface area contributed by atoms with E-state index in [-0.39, 0.29) is 23.6 Å². The number of alkyl halides is 2. The summed E-state index contributed by atoms with van der Waals surface area (Å²) in [6.07, 6.45) is 0.630. The average molecular weight is 443 g/mol. The van der Waals surface area contributed by atoms with Crippen LogP contribution in [0.3, 0.4) is 0 Å². The van der Waals surface area contributed by atoms with Gasteiger partial charge in [-0.2, -0.15) is 13.5 Å². The topological polar surface area (TPSA) is 164 Å². The van der Waals surface area contributed by atoms with Gasteiger partial charge in [0, 0.05) is 12.5 Å². The van der Waals surface area contributed by atoms with Crippen LogP contribution in [0.5, 0.6) is 0 Å². The molecule has 1 unspecified atom stereocenters. The number of amides is 3. The van der Waals surface area contributed by atoms with Gasteiger partial charge < -0.3 is 16.0 Å². The lowest BCUT2D eigenvalue weighted by atomic mass is 9.91. The minimum Gasteiger partial charge on any atom is -0.325 e. The zero-order chi connectivity index (χ0) is 21.4. The summed E-state index contributed by atoms with van der Waals surface area (Å²) in [6.45, 7) is 0.951. The van der Waals surface area contributed by atoms with Gasteiger partial charge >= 0.3 is 16.4 Å². The summed E-state index contributed by atoms with van der Waals surface area (Å²) in [6, 6.07) is -5.22. The maximum atomic E-state index is 14.4. The average Bonchev–Trinajstić information content (AvgIpc) is 2.92. The smallest absolute Gasteiger partial charge is 0.325 e. The molecule has 0 radical (unpaired) electrons. The van der Waals surface area contributed by atoms with Crippen LogP contribution in [0.2, 0.25) is 0 Å². The van der Waals surface area contributed by atoms with Gasteiger partial charge in [-0.25, -0.2) is 19.1 Å². The molecular weight excluding hydrogens is 420 g/mol. The molecule has 29 heavy (non-hydrogen) atoms. The molecule has 0 aliphatic carbocycles. The number of urea groups is 1. The normalized spacial score (nSPS) is 28.5. The van der Waals surface area contributed by atoms with E-state index in [9.17, 15) is 26.8 Å². The van der Waals surface area contributed by atoms with Gasteiger partial charge in [0.1, 0.15) is 12.1 Å². The first kappa shape index (κ1) is 22.0. The third-order valence-electron chi connectivity index (χ3n) is 5.33. The molecule has 3 saturated heterocycles. The lowest BCUT2D eigenvalue weighted by Crippen LogP contribution is -2.56. The Hall–Kier alpha value is -1.65. The monoisotopic (exact) mass is 443 g/mol. The van der Waals surface area contributed by atoms with E-state index in [2.05, 4.69) is 9.60 Å². The fourth-order valence-corrected chi connectivity index (χ4v) is 4.14. The second-order valence-corrected chi connectivity index (χ2v) is 8.29. The summed E-state index contributed by atoms with van der Waals surface area (Å²) in [5, 5.41) is 3.06. The number of nitrogens with zero attached hydrogens (tertiary/aromatic N) is 2. The first-order valence-electron chi connectivity index (χ1n) is 9.02. The van der Waals surface area contributed by atoms with Crippen LogP contribution in [0.15, 0.2) is 0 Å². The molecule has 5 N–H and O–H groups in total. The Morgan fingerprint density at radius 3 is 2.69 bits per heavy atom. The van der Waals surface area contributed by atoms with Gasteiger partial charge in [-0.15, -0.1) is 4.28 Å². The van der Waals surface area contributed by atoms with Crippen LogP contribution in [0.1, 0.15) is 19.3 Å². The number of carbonyl (C=O) groups excluding carboxylic acids is 2. The van der Waals surface area contributed by atoms with Gasteiger partial charge in [0.15, 0.2) is 0 Å². The Morgan fingerprint density at radius 2 is 2.07 bits per heavy atom. The highest BCUT2D eigenvalue weighted by Gasteiger charge is 2.62. The fourth-order valence-electron chi connectivity index (χ4n) is 3.77. The zero-order valence-corrected chi connectivity index (χ0v) is 16.1. The summed E-state index contributed by atoms with van der Waals surface area (Å²) in [4.78, 5) is 30.4. The molecule has 3 amide bonds. The quantitative estimate of drug-likeness (QED) is 0.274. The summed E-state index contributed by atoms with van der Waals surface area (Å²) < 4.78 is 63.1. The SMILES string of the molecule is NC(CONC(=O)[C@@H]1CC(F)(F)[C@@H]2CN1C(=O)N2OS(=O)(=O)O)C1CCNCC1. The van der Waals surface area contributed by atoms with Gasteiger partial charge in [-0.1, -0.05) is 0 Å². The van der Waals surface area contributed by atoms with Crippen molar-refractivity contribution in [2.24, 2.45) is 11.7 Å². The molecule has 0 aromatic heterocycles. The fraction of sp³-hybridized carbons (Fsp3) is 0.857. The van der Waals surface area contributed by atoms with E-state index in [4.69, 9.17) is 15.1 Å². The number of nitrogens with one attached hydrogen (secondary N) is 2. The number of nitrogens with two attached hydrogens (primary N) is 1. The van der Waals surface area contributed by atoms with Crippen molar-refractivity contribution in [3.8, 4) is 0 Å². The van der Waals surface area contributed by atoms with Crippen LogP contribution >= 0.6 is 0 Å². The highest BCUT2D eigenvalue weighted by atomic mass is 32.3. The molecule has 2 bridgehead atoms. The van der Waals surface area contributed by atoms with E-state index in [1.165, 1.54) is 0 Å². The zero-order valence-electron chi connectivity index (χ0n) is 15.3. The largest absolute Gasteiger partial charge is 0.418 e. The molecule has 3 atom stereocenters. The molecular formula is C14H23F2N5O7S.